The molecule has 1 amide bonds. The predicted octanol–water partition coefficient (Wildman–Crippen LogP) is 3.82. The van der Waals surface area contributed by atoms with Crippen LogP contribution in [0.5, 0.6) is 0 Å². The molecular weight excluding hydrogens is 454 g/mol. The number of pyridine rings is 1. The van der Waals surface area contributed by atoms with Gasteiger partial charge in [-0.3, -0.25) is 4.79 Å². The van der Waals surface area contributed by atoms with Gasteiger partial charge in [0.1, 0.15) is 4.90 Å². The number of amides is 1. The molecule has 0 radical (unpaired) electrons. The van der Waals surface area contributed by atoms with Gasteiger partial charge in [0.2, 0.25) is 15.9 Å². The Morgan fingerprint density at radius 1 is 1.06 bits per heavy atom. The van der Waals surface area contributed by atoms with Crippen LogP contribution in [0.15, 0.2) is 64.5 Å². The summed E-state index contributed by atoms with van der Waals surface area (Å²) in [5.41, 5.74) is 2.04. The normalized spacial score (nSPS) is 15.4. The van der Waals surface area contributed by atoms with Crippen LogP contribution in [0, 0.1) is 6.92 Å². The number of para-hydroxylation sites is 1. The van der Waals surface area contributed by atoms with Crippen molar-refractivity contribution in [1.29, 1.82) is 0 Å². The third-order valence-corrected chi connectivity index (χ3v) is 8.58. The van der Waals surface area contributed by atoms with E-state index >= 15 is 0 Å². The van der Waals surface area contributed by atoms with E-state index in [0.717, 1.165) is 21.5 Å². The summed E-state index contributed by atoms with van der Waals surface area (Å²) in [6.45, 7) is 3.24. The Balaban J connectivity index is 1.36. The van der Waals surface area contributed by atoms with E-state index in [0.29, 0.717) is 13.1 Å². The number of fused-ring (bicyclic) bond motifs is 1. The first-order valence-corrected chi connectivity index (χ1v) is 12.7. The van der Waals surface area contributed by atoms with Crippen LogP contribution in [-0.2, 0) is 14.8 Å². The van der Waals surface area contributed by atoms with E-state index in [9.17, 15) is 13.2 Å². The van der Waals surface area contributed by atoms with Gasteiger partial charge in [-0.15, -0.1) is 0 Å². The molecule has 1 aromatic heterocycles. The van der Waals surface area contributed by atoms with Crippen molar-refractivity contribution in [2.45, 2.75) is 16.8 Å². The lowest BCUT2D eigenvalue weighted by Crippen LogP contribution is -2.51. The van der Waals surface area contributed by atoms with Crippen LogP contribution in [0.4, 0.5) is 0 Å². The fourth-order valence-corrected chi connectivity index (χ4v) is 6.38. The number of aromatic nitrogens is 1. The first-order chi connectivity index (χ1) is 14.9. The molecule has 6 nitrogen and oxygen atoms in total. The largest absolute Gasteiger partial charge is 0.339 e. The summed E-state index contributed by atoms with van der Waals surface area (Å²) in [6.07, 6.45) is 0. The van der Waals surface area contributed by atoms with Crippen LogP contribution in [0.3, 0.4) is 0 Å². The number of thioether (sulfide) groups is 1. The van der Waals surface area contributed by atoms with E-state index in [-0.39, 0.29) is 34.7 Å². The van der Waals surface area contributed by atoms with Gasteiger partial charge in [0, 0.05) is 31.6 Å². The smallest absolute Gasteiger partial charge is 0.244 e. The van der Waals surface area contributed by atoms with Gasteiger partial charge in [0.25, 0.3) is 0 Å². The van der Waals surface area contributed by atoms with Crippen LogP contribution >= 0.6 is 23.4 Å². The molecule has 4 rings (SSSR count). The van der Waals surface area contributed by atoms with Crippen LogP contribution in [0.2, 0.25) is 5.02 Å². The van der Waals surface area contributed by atoms with Crippen molar-refractivity contribution in [3.8, 4) is 0 Å². The van der Waals surface area contributed by atoms with Crippen LogP contribution in [-0.4, -0.2) is 60.4 Å². The number of hydrogen-bond acceptors (Lipinski definition) is 5. The van der Waals surface area contributed by atoms with Gasteiger partial charge in [-0.25, -0.2) is 13.4 Å². The molecule has 0 saturated carbocycles. The Kier molecular flexibility index (Phi) is 6.52. The van der Waals surface area contributed by atoms with E-state index in [1.165, 1.54) is 22.1 Å². The number of piperazine rings is 1. The monoisotopic (exact) mass is 475 g/mol. The molecule has 0 bridgehead atoms. The maximum atomic E-state index is 12.9. The minimum atomic E-state index is -3.67. The predicted molar refractivity (Wildman–Crippen MR) is 124 cm³/mol. The summed E-state index contributed by atoms with van der Waals surface area (Å²) in [5, 5.41) is 2.12. The molecule has 0 unspecified atom stereocenters. The highest BCUT2D eigenvalue weighted by molar-refractivity contribution is 7.99. The quantitative estimate of drug-likeness (QED) is 0.524. The molecule has 3 aromatic rings. The van der Waals surface area contributed by atoms with Crippen molar-refractivity contribution < 1.29 is 13.2 Å². The van der Waals surface area contributed by atoms with Gasteiger partial charge in [-0.2, -0.15) is 4.31 Å². The molecular formula is C22H22ClN3O3S2. The lowest BCUT2D eigenvalue weighted by atomic mass is 10.1. The molecule has 2 heterocycles. The average molecular weight is 476 g/mol. The molecule has 1 fully saturated rings. The van der Waals surface area contributed by atoms with Gasteiger partial charge >= 0.3 is 0 Å². The number of benzene rings is 2. The summed E-state index contributed by atoms with van der Waals surface area (Å²) < 4.78 is 27.1. The van der Waals surface area contributed by atoms with Crippen molar-refractivity contribution in [2.24, 2.45) is 0 Å². The topological polar surface area (TPSA) is 70.6 Å². The van der Waals surface area contributed by atoms with Crippen molar-refractivity contribution in [1.82, 2.24) is 14.2 Å². The van der Waals surface area contributed by atoms with Crippen LogP contribution in [0.1, 0.15) is 5.56 Å². The Hall–Kier alpha value is -2.13. The summed E-state index contributed by atoms with van der Waals surface area (Å²) in [4.78, 5) is 19.1. The Bertz CT molecular complexity index is 1230. The lowest BCUT2D eigenvalue weighted by molar-refractivity contribution is -0.129. The van der Waals surface area contributed by atoms with Crippen molar-refractivity contribution in [3.05, 3.63) is 65.2 Å². The Morgan fingerprint density at radius 3 is 2.48 bits per heavy atom. The summed E-state index contributed by atoms with van der Waals surface area (Å²) in [5.74, 6) is 0.245. The second-order valence-corrected chi connectivity index (χ2v) is 10.6. The van der Waals surface area contributed by atoms with Crippen molar-refractivity contribution >= 4 is 50.2 Å². The number of halogens is 1. The first kappa shape index (κ1) is 22.1. The molecule has 0 N–H and O–H groups in total. The molecule has 31 heavy (non-hydrogen) atoms. The van der Waals surface area contributed by atoms with Gasteiger partial charge in [-0.05, 0) is 36.8 Å². The second kappa shape index (κ2) is 9.16. The molecule has 0 aliphatic carbocycles. The van der Waals surface area contributed by atoms with E-state index in [4.69, 9.17) is 11.6 Å². The maximum absolute atomic E-state index is 12.9. The fourth-order valence-electron chi connectivity index (χ4n) is 3.59. The Morgan fingerprint density at radius 2 is 1.74 bits per heavy atom. The third kappa shape index (κ3) is 4.72. The zero-order chi connectivity index (χ0) is 22.0. The molecule has 1 saturated heterocycles. The second-order valence-electron chi connectivity index (χ2n) is 7.30. The Labute approximate surface area is 191 Å². The molecule has 0 atom stereocenters. The number of sulfonamides is 1. The molecule has 9 heteroatoms. The van der Waals surface area contributed by atoms with E-state index < -0.39 is 10.0 Å². The highest BCUT2D eigenvalue weighted by Gasteiger charge is 2.31. The van der Waals surface area contributed by atoms with Crippen molar-refractivity contribution in [2.75, 3.05) is 31.9 Å². The van der Waals surface area contributed by atoms with E-state index in [2.05, 4.69) is 4.98 Å². The number of aryl methyl sites for hydroxylation is 1. The maximum Gasteiger partial charge on any atom is 0.244 e. The number of carbonyl (C=O) groups excluding carboxylic acids is 1. The van der Waals surface area contributed by atoms with Crippen LogP contribution in [0.25, 0.3) is 10.9 Å². The molecule has 2 aromatic carbocycles. The number of hydrogen-bond donors (Lipinski definition) is 0. The molecule has 0 spiro atoms. The standard InChI is InChI=1S/C22H22ClN3O3S2/c1-16-14-21(24-19-8-4-2-6-17(16)19)30-15-22(27)25-10-12-26(13-11-25)31(28,29)20-9-5-3-7-18(20)23/h2-9,14H,10-13,15H2,1H3. The van der Waals surface area contributed by atoms with E-state index in [1.807, 2.05) is 37.3 Å². The highest BCUT2D eigenvalue weighted by atomic mass is 35.5. The minimum Gasteiger partial charge on any atom is -0.339 e. The summed E-state index contributed by atoms with van der Waals surface area (Å²) in [6, 6.07) is 16.3. The lowest BCUT2D eigenvalue weighted by Gasteiger charge is -2.34. The van der Waals surface area contributed by atoms with Gasteiger partial charge < -0.3 is 4.90 Å². The van der Waals surface area contributed by atoms with Crippen LogP contribution < -0.4 is 0 Å². The third-order valence-electron chi connectivity index (χ3n) is 5.29. The van der Waals surface area contributed by atoms with E-state index in [1.54, 1.807) is 23.1 Å². The van der Waals surface area contributed by atoms with Crippen molar-refractivity contribution in [3.63, 3.8) is 0 Å². The number of carbonyl (C=O) groups is 1. The average Bonchev–Trinajstić information content (AvgIpc) is 2.78. The number of rotatable bonds is 5. The van der Waals surface area contributed by atoms with Gasteiger partial charge in [0.15, 0.2) is 0 Å². The minimum absolute atomic E-state index is 0.0209. The molecule has 1 aliphatic rings. The van der Waals surface area contributed by atoms with Gasteiger partial charge in [0.05, 0.1) is 21.3 Å². The SMILES string of the molecule is Cc1cc(SCC(=O)N2CCN(S(=O)(=O)c3ccccc3Cl)CC2)nc2ccccc12. The first-order valence-electron chi connectivity index (χ1n) is 9.88. The zero-order valence-electron chi connectivity index (χ0n) is 17.0. The molecule has 1 aliphatic heterocycles. The summed E-state index contributed by atoms with van der Waals surface area (Å²) in [7, 11) is -3.67. The summed E-state index contributed by atoms with van der Waals surface area (Å²) >= 11 is 7.48. The highest BCUT2D eigenvalue weighted by Crippen LogP contribution is 2.26. The molecule has 162 valence electrons. The zero-order valence-corrected chi connectivity index (χ0v) is 19.4. The fraction of sp³-hybridized carbons (Fsp3) is 0.273. The van der Waals surface area contributed by atoms with Gasteiger partial charge in [-0.1, -0.05) is 53.7 Å². The number of nitrogens with zero attached hydrogens (tertiary/aromatic N) is 3.